The first kappa shape index (κ1) is 22.6. The van der Waals surface area contributed by atoms with Crippen LogP contribution in [0.25, 0.3) is 11.3 Å². The number of rotatable bonds is 6. The molecule has 32 heavy (non-hydrogen) atoms. The van der Waals surface area contributed by atoms with Crippen LogP contribution >= 0.6 is 11.3 Å². The number of nitrogens with one attached hydrogen (secondary N) is 1. The molecule has 0 bridgehead atoms. The van der Waals surface area contributed by atoms with Gasteiger partial charge in [-0.3, -0.25) is 4.79 Å². The largest absolute Gasteiger partial charge is 0.302 e. The highest BCUT2D eigenvalue weighted by molar-refractivity contribution is 7.89. The highest BCUT2D eigenvalue weighted by atomic mass is 32.2. The fourth-order valence-electron chi connectivity index (χ4n) is 3.80. The molecule has 1 aromatic heterocycles. The zero-order valence-corrected chi connectivity index (χ0v) is 19.9. The summed E-state index contributed by atoms with van der Waals surface area (Å²) in [6.45, 7) is 4.71. The van der Waals surface area contributed by atoms with Crippen molar-refractivity contribution < 1.29 is 13.2 Å². The second-order valence-electron chi connectivity index (χ2n) is 8.07. The Bertz CT molecular complexity index is 1180. The van der Waals surface area contributed by atoms with Gasteiger partial charge in [0.15, 0.2) is 5.13 Å². The maximum absolute atomic E-state index is 12.9. The van der Waals surface area contributed by atoms with Crippen molar-refractivity contribution in [1.82, 2.24) is 9.29 Å². The summed E-state index contributed by atoms with van der Waals surface area (Å²) in [5, 5.41) is 5.42. The number of nitrogens with zero attached hydrogens (tertiary/aromatic N) is 2. The number of thiazole rings is 1. The van der Waals surface area contributed by atoms with E-state index in [0.717, 1.165) is 23.2 Å². The first-order valence-corrected chi connectivity index (χ1v) is 13.1. The molecule has 2 aromatic carbocycles. The number of sulfonamides is 1. The van der Waals surface area contributed by atoms with E-state index in [1.807, 2.05) is 24.4 Å². The molecule has 168 valence electrons. The van der Waals surface area contributed by atoms with E-state index in [0.29, 0.717) is 36.0 Å². The molecular formula is C24H27N3O3S2. The van der Waals surface area contributed by atoms with Gasteiger partial charge in [0, 0.05) is 30.0 Å². The van der Waals surface area contributed by atoms with Crippen molar-refractivity contribution in [3.63, 3.8) is 0 Å². The third kappa shape index (κ3) is 4.92. The van der Waals surface area contributed by atoms with Gasteiger partial charge in [0.1, 0.15) is 0 Å². The molecule has 1 aliphatic rings. The van der Waals surface area contributed by atoms with Gasteiger partial charge < -0.3 is 5.32 Å². The minimum absolute atomic E-state index is 0.0976. The number of amides is 1. The Morgan fingerprint density at radius 2 is 1.75 bits per heavy atom. The zero-order valence-electron chi connectivity index (χ0n) is 18.2. The summed E-state index contributed by atoms with van der Waals surface area (Å²) >= 11 is 1.40. The molecule has 8 heteroatoms. The van der Waals surface area contributed by atoms with Crippen LogP contribution < -0.4 is 5.32 Å². The molecule has 1 saturated heterocycles. The standard InChI is InChI=1S/C24H27N3O3S2/c1-3-18-6-8-19(9-7-18)22-16-31-24(25-22)26-23(28)20-12-14-27(15-13-20)32(29,30)21-10-4-17(2)5-11-21/h4-11,16,20H,3,12-15H2,1-2H3,(H,25,26,28). The van der Waals surface area contributed by atoms with Crippen LogP contribution in [0.5, 0.6) is 0 Å². The normalized spacial score (nSPS) is 15.6. The lowest BCUT2D eigenvalue weighted by molar-refractivity contribution is -0.120. The lowest BCUT2D eigenvalue weighted by atomic mass is 9.97. The van der Waals surface area contributed by atoms with Gasteiger partial charge in [-0.05, 0) is 43.9 Å². The molecule has 1 N–H and O–H groups in total. The lowest BCUT2D eigenvalue weighted by Gasteiger charge is -2.30. The van der Waals surface area contributed by atoms with E-state index in [1.165, 1.54) is 21.2 Å². The number of hydrogen-bond acceptors (Lipinski definition) is 5. The van der Waals surface area contributed by atoms with Crippen LogP contribution in [0.1, 0.15) is 30.9 Å². The van der Waals surface area contributed by atoms with E-state index < -0.39 is 10.0 Å². The van der Waals surface area contributed by atoms with Crippen molar-refractivity contribution in [2.24, 2.45) is 5.92 Å². The predicted octanol–water partition coefficient (Wildman–Crippen LogP) is 4.72. The molecule has 1 fully saturated rings. The third-order valence-corrected chi connectivity index (χ3v) is 8.55. The Labute approximate surface area is 193 Å². The number of piperidine rings is 1. The summed E-state index contributed by atoms with van der Waals surface area (Å²) in [7, 11) is -3.53. The lowest BCUT2D eigenvalue weighted by Crippen LogP contribution is -2.41. The van der Waals surface area contributed by atoms with Crippen molar-refractivity contribution in [3.05, 3.63) is 65.0 Å². The van der Waals surface area contributed by atoms with Gasteiger partial charge in [0.05, 0.1) is 10.6 Å². The smallest absolute Gasteiger partial charge is 0.243 e. The second kappa shape index (κ2) is 9.52. The molecule has 0 aliphatic carbocycles. The summed E-state index contributed by atoms with van der Waals surface area (Å²) in [6, 6.07) is 15.1. The van der Waals surface area contributed by atoms with Crippen molar-refractivity contribution in [1.29, 1.82) is 0 Å². The number of hydrogen-bond donors (Lipinski definition) is 1. The van der Waals surface area contributed by atoms with Crippen molar-refractivity contribution in [2.45, 2.75) is 38.0 Å². The summed E-state index contributed by atoms with van der Waals surface area (Å²) in [6.07, 6.45) is 1.98. The summed E-state index contributed by atoms with van der Waals surface area (Å²) in [4.78, 5) is 17.6. The Hall–Kier alpha value is -2.55. The maximum Gasteiger partial charge on any atom is 0.243 e. The summed E-state index contributed by atoms with van der Waals surface area (Å²) in [5.74, 6) is -0.324. The predicted molar refractivity (Wildman–Crippen MR) is 128 cm³/mol. The Kier molecular flexibility index (Phi) is 6.74. The molecule has 4 rings (SSSR count). The molecule has 6 nitrogen and oxygen atoms in total. The van der Waals surface area contributed by atoms with E-state index in [1.54, 1.807) is 24.3 Å². The first-order valence-electron chi connectivity index (χ1n) is 10.8. The van der Waals surface area contributed by atoms with Crippen molar-refractivity contribution >= 4 is 32.4 Å². The number of carbonyl (C=O) groups excluding carboxylic acids is 1. The molecule has 0 saturated carbocycles. The topological polar surface area (TPSA) is 79.4 Å². The van der Waals surface area contributed by atoms with E-state index in [2.05, 4.69) is 29.4 Å². The highest BCUT2D eigenvalue weighted by Crippen LogP contribution is 2.28. The Balaban J connectivity index is 1.35. The van der Waals surface area contributed by atoms with Gasteiger partial charge in [-0.25, -0.2) is 13.4 Å². The van der Waals surface area contributed by atoms with E-state index in [-0.39, 0.29) is 11.8 Å². The number of benzene rings is 2. The first-order chi connectivity index (χ1) is 15.4. The molecule has 0 radical (unpaired) electrons. The molecule has 3 aromatic rings. The van der Waals surface area contributed by atoms with Gasteiger partial charge in [-0.2, -0.15) is 4.31 Å². The molecular weight excluding hydrogens is 442 g/mol. The average molecular weight is 470 g/mol. The number of anilines is 1. The van der Waals surface area contributed by atoms with E-state index in [4.69, 9.17) is 0 Å². The average Bonchev–Trinajstić information content (AvgIpc) is 3.28. The van der Waals surface area contributed by atoms with Crippen LogP contribution in [-0.4, -0.2) is 36.7 Å². The zero-order chi connectivity index (χ0) is 22.7. The van der Waals surface area contributed by atoms with Crippen LogP contribution in [0.2, 0.25) is 0 Å². The van der Waals surface area contributed by atoms with Crippen LogP contribution in [0.3, 0.4) is 0 Å². The minimum atomic E-state index is -3.53. The van der Waals surface area contributed by atoms with Gasteiger partial charge in [0.25, 0.3) is 0 Å². The van der Waals surface area contributed by atoms with Gasteiger partial charge >= 0.3 is 0 Å². The SMILES string of the molecule is CCc1ccc(-c2csc(NC(=O)C3CCN(S(=O)(=O)c4ccc(C)cc4)CC3)n2)cc1. The second-order valence-corrected chi connectivity index (χ2v) is 10.9. The molecule has 0 atom stereocenters. The van der Waals surface area contributed by atoms with Crippen molar-refractivity contribution in [2.75, 3.05) is 18.4 Å². The summed E-state index contributed by atoms with van der Waals surface area (Å²) < 4.78 is 27.2. The van der Waals surface area contributed by atoms with Gasteiger partial charge in [0.2, 0.25) is 15.9 Å². The quantitative estimate of drug-likeness (QED) is 0.567. The Morgan fingerprint density at radius 1 is 1.09 bits per heavy atom. The van der Waals surface area contributed by atoms with Crippen LogP contribution in [0.15, 0.2) is 58.8 Å². The van der Waals surface area contributed by atoms with Crippen LogP contribution in [0, 0.1) is 12.8 Å². The van der Waals surface area contributed by atoms with Gasteiger partial charge in [-0.15, -0.1) is 11.3 Å². The molecule has 1 aliphatic heterocycles. The Morgan fingerprint density at radius 3 is 2.38 bits per heavy atom. The highest BCUT2D eigenvalue weighted by Gasteiger charge is 2.32. The van der Waals surface area contributed by atoms with E-state index >= 15 is 0 Å². The maximum atomic E-state index is 12.9. The van der Waals surface area contributed by atoms with Crippen LogP contribution in [0.4, 0.5) is 5.13 Å². The monoisotopic (exact) mass is 469 g/mol. The molecule has 2 heterocycles. The van der Waals surface area contributed by atoms with Gasteiger partial charge in [-0.1, -0.05) is 48.9 Å². The molecule has 1 amide bonds. The fourth-order valence-corrected chi connectivity index (χ4v) is 5.99. The summed E-state index contributed by atoms with van der Waals surface area (Å²) in [5.41, 5.74) is 4.15. The number of aryl methyl sites for hydroxylation is 2. The van der Waals surface area contributed by atoms with E-state index in [9.17, 15) is 13.2 Å². The number of carbonyl (C=O) groups is 1. The van der Waals surface area contributed by atoms with Crippen molar-refractivity contribution in [3.8, 4) is 11.3 Å². The third-order valence-electron chi connectivity index (χ3n) is 5.88. The fraction of sp³-hybridized carbons (Fsp3) is 0.333. The minimum Gasteiger partial charge on any atom is -0.302 e. The number of aromatic nitrogens is 1. The molecule has 0 unspecified atom stereocenters. The van der Waals surface area contributed by atoms with Crippen LogP contribution in [-0.2, 0) is 21.2 Å². The molecule has 0 spiro atoms.